The molecule has 2 heterocycles. The molecule has 1 saturated heterocycles. The Morgan fingerprint density at radius 3 is 2.47 bits per heavy atom. The number of nitrogens with zero attached hydrogens (tertiary/aromatic N) is 2. The van der Waals surface area contributed by atoms with Crippen LogP contribution in [0.5, 0.6) is 0 Å². The summed E-state index contributed by atoms with van der Waals surface area (Å²) in [6, 6.07) is 3.33. The first-order valence-electron chi connectivity index (χ1n) is 16.4. The second kappa shape index (κ2) is 13.7. The highest BCUT2D eigenvalue weighted by atomic mass is 32.2. The van der Waals surface area contributed by atoms with Gasteiger partial charge in [0.2, 0.25) is 21.8 Å². The lowest BCUT2D eigenvalue weighted by Crippen LogP contribution is -2.57. The molecule has 2 aliphatic heterocycles. The number of benzene rings is 1. The lowest BCUT2D eigenvalue weighted by molar-refractivity contribution is -0.158. The number of fused-ring (bicyclic) bond motifs is 1. The van der Waals surface area contributed by atoms with E-state index in [1.165, 1.54) is 21.9 Å². The summed E-state index contributed by atoms with van der Waals surface area (Å²) >= 11 is 0. The molecule has 1 aromatic rings. The minimum atomic E-state index is -3.92. The van der Waals surface area contributed by atoms with Gasteiger partial charge in [-0.2, -0.15) is 0 Å². The Morgan fingerprint density at radius 2 is 1.88 bits per heavy atom. The van der Waals surface area contributed by atoms with Gasteiger partial charge in [-0.25, -0.2) is 17.6 Å². The van der Waals surface area contributed by atoms with E-state index in [0.29, 0.717) is 24.0 Å². The molecule has 0 bridgehead atoms. The summed E-state index contributed by atoms with van der Waals surface area (Å²) in [4.78, 5) is 69.9. The van der Waals surface area contributed by atoms with E-state index in [1.54, 1.807) is 40.0 Å². The topological polar surface area (TPSA) is 181 Å². The van der Waals surface area contributed by atoms with E-state index in [4.69, 9.17) is 9.47 Å². The average molecular weight is 706 g/mol. The summed E-state index contributed by atoms with van der Waals surface area (Å²) in [5.74, 6) is -4.81. The highest BCUT2D eigenvalue weighted by molar-refractivity contribution is 7.91. The Balaban J connectivity index is 1.35. The van der Waals surface area contributed by atoms with Crippen molar-refractivity contribution >= 4 is 39.8 Å². The molecule has 14 nitrogen and oxygen atoms in total. The molecule has 4 amide bonds. The first kappa shape index (κ1) is 36.2. The van der Waals surface area contributed by atoms with E-state index >= 15 is 0 Å². The second-order valence-corrected chi connectivity index (χ2v) is 16.2. The van der Waals surface area contributed by atoms with Gasteiger partial charge in [0, 0.05) is 31.0 Å². The van der Waals surface area contributed by atoms with Gasteiger partial charge in [-0.15, -0.1) is 6.58 Å². The number of likely N-dealkylation sites (tertiary alicyclic amines) is 1. The van der Waals surface area contributed by atoms with Crippen molar-refractivity contribution in [1.29, 1.82) is 0 Å². The molecule has 16 heteroatoms. The normalized spacial score (nSPS) is 25.2. The van der Waals surface area contributed by atoms with Crippen LogP contribution in [0.3, 0.4) is 0 Å². The van der Waals surface area contributed by atoms with E-state index in [0.717, 1.165) is 0 Å². The first-order chi connectivity index (χ1) is 23.0. The third-order valence-electron chi connectivity index (χ3n) is 9.18. The summed E-state index contributed by atoms with van der Waals surface area (Å²) in [5.41, 5.74) is -1.38. The lowest BCUT2D eigenvalue weighted by Gasteiger charge is -2.29. The molecule has 5 rings (SSSR count). The van der Waals surface area contributed by atoms with Crippen LogP contribution < -0.4 is 15.4 Å². The monoisotopic (exact) mass is 705 g/mol. The smallest absolute Gasteiger partial charge is 0.410 e. The molecule has 0 unspecified atom stereocenters. The van der Waals surface area contributed by atoms with E-state index < -0.39 is 86.0 Å². The average Bonchev–Trinajstić information content (AvgIpc) is 3.90. The number of rotatable bonds is 12. The molecule has 3 fully saturated rings. The van der Waals surface area contributed by atoms with Gasteiger partial charge in [-0.1, -0.05) is 18.2 Å². The number of nitrogens with one attached hydrogen (secondary N) is 3. The van der Waals surface area contributed by atoms with Gasteiger partial charge in [0.1, 0.15) is 29.1 Å². The molecule has 49 heavy (non-hydrogen) atoms. The van der Waals surface area contributed by atoms with E-state index in [2.05, 4.69) is 21.9 Å². The molecule has 0 aromatic heterocycles. The van der Waals surface area contributed by atoms with Crippen molar-refractivity contribution in [2.75, 3.05) is 20.1 Å². The van der Waals surface area contributed by atoms with Crippen molar-refractivity contribution in [2.45, 2.75) is 94.5 Å². The van der Waals surface area contributed by atoms with Crippen LogP contribution in [-0.4, -0.2) is 96.7 Å². The molecular weight excluding hydrogens is 661 g/mol. The summed E-state index contributed by atoms with van der Waals surface area (Å²) in [6.07, 6.45) is 0.245. The maximum atomic E-state index is 14.3. The van der Waals surface area contributed by atoms with Crippen LogP contribution in [0.15, 0.2) is 30.9 Å². The minimum absolute atomic E-state index is 0.00934. The number of halogens is 1. The fraction of sp³-hybridized carbons (Fsp3) is 0.606. The van der Waals surface area contributed by atoms with Gasteiger partial charge < -0.3 is 25.0 Å². The van der Waals surface area contributed by atoms with Crippen LogP contribution >= 0.6 is 0 Å². The largest absolute Gasteiger partial charge is 0.460 e. The standard InChI is InChI=1S/C33H44FN5O9S/c1-6-21-14-33(21,30(43)37-49(45,46)23-10-11-23)36-28(41)26-13-22(47-31(44)38-16-19-8-7-9-25(34)24(19)18-38)17-39(26)29(42)20(15-35-5)12-27(40)48-32(2,3)4/h6-9,20-23,26,35H,1,10-18H2,2-5H3,(H,36,41)(H,37,43)/t20-,21+,22+,26-,33+/m0/s1. The molecule has 268 valence electrons. The Morgan fingerprint density at radius 1 is 1.16 bits per heavy atom. The molecule has 4 aliphatic rings. The Kier molecular flexibility index (Phi) is 10.1. The summed E-state index contributed by atoms with van der Waals surface area (Å²) in [6.45, 7) is 8.78. The van der Waals surface area contributed by atoms with Crippen molar-refractivity contribution in [3.63, 3.8) is 0 Å². The van der Waals surface area contributed by atoms with Crippen LogP contribution in [0.1, 0.15) is 64.0 Å². The first-order valence-corrected chi connectivity index (χ1v) is 17.9. The molecule has 2 aliphatic carbocycles. The lowest BCUT2D eigenvalue weighted by atomic mass is 10.0. The minimum Gasteiger partial charge on any atom is -0.460 e. The molecule has 0 radical (unpaired) electrons. The van der Waals surface area contributed by atoms with Gasteiger partial charge in [0.05, 0.1) is 30.7 Å². The zero-order chi connectivity index (χ0) is 35.9. The number of carbonyl (C=O) groups is 5. The molecule has 1 aromatic carbocycles. The molecule has 5 atom stereocenters. The SMILES string of the molecule is C=C[C@@H]1C[C@]1(NC(=O)[C@@H]1C[C@@H](OC(=O)N2Cc3cccc(F)c3C2)CN1C(=O)[C@H](CNC)CC(=O)OC(C)(C)C)C(=O)NS(=O)(=O)C1CC1. The predicted molar refractivity (Wildman–Crippen MR) is 173 cm³/mol. The van der Waals surface area contributed by atoms with E-state index in [-0.39, 0.29) is 45.4 Å². The molecular formula is C33H44FN5O9S. The van der Waals surface area contributed by atoms with Crippen molar-refractivity contribution in [3.05, 3.63) is 47.8 Å². The number of ether oxygens (including phenoxy) is 2. The number of hydrogen-bond donors (Lipinski definition) is 3. The maximum Gasteiger partial charge on any atom is 0.410 e. The Hall–Kier alpha value is -4.05. The highest BCUT2D eigenvalue weighted by Crippen LogP contribution is 2.45. The number of hydrogen-bond acceptors (Lipinski definition) is 10. The van der Waals surface area contributed by atoms with Crippen LogP contribution in [0.4, 0.5) is 9.18 Å². The van der Waals surface area contributed by atoms with Crippen LogP contribution in [0, 0.1) is 17.7 Å². The van der Waals surface area contributed by atoms with Gasteiger partial charge >= 0.3 is 12.1 Å². The van der Waals surface area contributed by atoms with Crippen LogP contribution in [-0.2, 0) is 51.8 Å². The van der Waals surface area contributed by atoms with Crippen molar-refractivity contribution < 1.29 is 46.3 Å². The number of carbonyl (C=O) groups excluding carboxylic acids is 5. The molecule has 3 N–H and O–H groups in total. The van der Waals surface area contributed by atoms with E-state index in [1.807, 2.05) is 0 Å². The zero-order valence-corrected chi connectivity index (χ0v) is 28.9. The second-order valence-electron chi connectivity index (χ2n) is 14.2. The number of sulfonamides is 1. The van der Waals surface area contributed by atoms with Crippen LogP contribution in [0.2, 0.25) is 0 Å². The zero-order valence-electron chi connectivity index (χ0n) is 28.1. The van der Waals surface area contributed by atoms with Gasteiger partial charge in [-0.05, 0) is 58.7 Å². The van der Waals surface area contributed by atoms with Gasteiger partial charge in [-0.3, -0.25) is 28.8 Å². The van der Waals surface area contributed by atoms with Crippen molar-refractivity contribution in [1.82, 2.24) is 25.2 Å². The Labute approximate surface area is 285 Å². The molecule has 0 spiro atoms. The third kappa shape index (κ3) is 8.06. The van der Waals surface area contributed by atoms with Gasteiger partial charge in [0.25, 0.3) is 5.91 Å². The van der Waals surface area contributed by atoms with Crippen LogP contribution in [0.25, 0.3) is 0 Å². The summed E-state index contributed by atoms with van der Waals surface area (Å²) in [5, 5.41) is 4.91. The fourth-order valence-corrected chi connectivity index (χ4v) is 7.80. The van der Waals surface area contributed by atoms with Gasteiger partial charge in [0.15, 0.2) is 0 Å². The highest BCUT2D eigenvalue weighted by Gasteiger charge is 2.62. The summed E-state index contributed by atoms with van der Waals surface area (Å²) in [7, 11) is -2.32. The number of esters is 1. The van der Waals surface area contributed by atoms with Crippen molar-refractivity contribution in [3.8, 4) is 0 Å². The summed E-state index contributed by atoms with van der Waals surface area (Å²) < 4.78 is 52.8. The number of amides is 4. The predicted octanol–water partition coefficient (Wildman–Crippen LogP) is 1.48. The van der Waals surface area contributed by atoms with E-state index in [9.17, 15) is 36.8 Å². The third-order valence-corrected chi connectivity index (χ3v) is 11.0. The Bertz CT molecular complexity index is 1640. The fourth-order valence-electron chi connectivity index (χ4n) is 6.43. The maximum absolute atomic E-state index is 14.3. The quantitative estimate of drug-likeness (QED) is 0.213. The van der Waals surface area contributed by atoms with Crippen molar-refractivity contribution in [2.24, 2.45) is 11.8 Å². The molecule has 2 saturated carbocycles.